The summed E-state index contributed by atoms with van der Waals surface area (Å²) in [7, 11) is 0. The number of nitrogens with one attached hydrogen (secondary N) is 1. The Morgan fingerprint density at radius 3 is 2.72 bits per heavy atom. The summed E-state index contributed by atoms with van der Waals surface area (Å²) in [5, 5.41) is 3.18. The highest BCUT2D eigenvalue weighted by atomic mass is 32.2. The number of nitrogens with zero attached hydrogens (tertiary/aromatic N) is 2. The Morgan fingerprint density at radius 1 is 1.28 bits per heavy atom. The average molecular weight is 418 g/mol. The second kappa shape index (κ2) is 8.50. The minimum atomic E-state index is -0.296. The first-order chi connectivity index (χ1) is 14.0. The number of amides is 1. The molecule has 3 heterocycles. The van der Waals surface area contributed by atoms with Crippen LogP contribution in [0.3, 0.4) is 0 Å². The van der Waals surface area contributed by atoms with Crippen LogP contribution < -0.4 is 5.32 Å². The Hall–Kier alpha value is -1.83. The summed E-state index contributed by atoms with van der Waals surface area (Å²) >= 11 is 1.95. The number of halogens is 1. The summed E-state index contributed by atoms with van der Waals surface area (Å²) in [5.41, 5.74) is 2.68. The molecule has 2 aliphatic rings. The lowest BCUT2D eigenvalue weighted by Gasteiger charge is -2.43. The molecule has 7 heteroatoms. The largest absolute Gasteiger partial charge is 0.379 e. The zero-order valence-corrected chi connectivity index (χ0v) is 17.9. The van der Waals surface area contributed by atoms with Gasteiger partial charge in [-0.15, -0.1) is 0 Å². The van der Waals surface area contributed by atoms with Gasteiger partial charge in [0.2, 0.25) is 0 Å². The Morgan fingerprint density at radius 2 is 2.03 bits per heavy atom. The number of rotatable bonds is 5. The molecular weight excluding hydrogens is 389 g/mol. The van der Waals surface area contributed by atoms with Crippen molar-refractivity contribution in [3.8, 4) is 5.69 Å². The maximum absolute atomic E-state index is 14.3. The minimum absolute atomic E-state index is 0.00115. The number of morpholine rings is 1. The standard InChI is InChI=1S/C22H28FN3O2S/c1-16-13-18(17(2)26(16)20-6-4-3-5-19(20)23)21(27)24-14-22(7-12-29-15-22)25-8-10-28-11-9-25/h3-6,13H,7-12,14-15H2,1-2H3,(H,24,27). The van der Waals surface area contributed by atoms with Gasteiger partial charge in [-0.2, -0.15) is 11.8 Å². The monoisotopic (exact) mass is 417 g/mol. The summed E-state index contributed by atoms with van der Waals surface area (Å²) in [6.45, 7) is 7.74. The normalized spacial score (nSPS) is 22.7. The van der Waals surface area contributed by atoms with E-state index in [0.717, 1.165) is 55.6 Å². The van der Waals surface area contributed by atoms with Crippen LogP contribution in [0.25, 0.3) is 5.69 Å². The first-order valence-electron chi connectivity index (χ1n) is 10.1. The number of carbonyl (C=O) groups is 1. The number of para-hydroxylation sites is 1. The number of ether oxygens (including phenoxy) is 1. The second-order valence-electron chi connectivity index (χ2n) is 7.88. The van der Waals surface area contributed by atoms with E-state index in [4.69, 9.17) is 4.74 Å². The molecule has 0 radical (unpaired) electrons. The van der Waals surface area contributed by atoms with Crippen molar-refractivity contribution in [3.63, 3.8) is 0 Å². The van der Waals surface area contributed by atoms with Gasteiger partial charge in [0.25, 0.3) is 5.91 Å². The molecule has 29 heavy (non-hydrogen) atoms. The molecule has 2 aliphatic heterocycles. The van der Waals surface area contributed by atoms with Crippen LogP contribution in [-0.2, 0) is 4.74 Å². The molecule has 0 bridgehead atoms. The van der Waals surface area contributed by atoms with Gasteiger partial charge in [0.15, 0.2) is 0 Å². The Kier molecular flexibility index (Phi) is 5.99. The minimum Gasteiger partial charge on any atom is -0.379 e. The molecule has 156 valence electrons. The quantitative estimate of drug-likeness (QED) is 0.812. The lowest BCUT2D eigenvalue weighted by atomic mass is 9.95. The third kappa shape index (κ3) is 3.96. The maximum atomic E-state index is 14.3. The third-order valence-corrected chi connectivity index (χ3v) is 7.35. The molecule has 2 fully saturated rings. The number of aromatic nitrogens is 1. The number of hydrogen-bond donors (Lipinski definition) is 1. The highest BCUT2D eigenvalue weighted by Gasteiger charge is 2.41. The SMILES string of the molecule is Cc1cc(C(=O)NCC2(N3CCOCC3)CCSC2)c(C)n1-c1ccccc1F. The molecule has 1 atom stereocenters. The topological polar surface area (TPSA) is 46.5 Å². The van der Waals surface area contributed by atoms with E-state index in [1.807, 2.05) is 36.2 Å². The van der Waals surface area contributed by atoms with Crippen molar-refractivity contribution in [2.75, 3.05) is 44.4 Å². The molecule has 1 aromatic carbocycles. The van der Waals surface area contributed by atoms with Crippen LogP contribution in [0.5, 0.6) is 0 Å². The van der Waals surface area contributed by atoms with Crippen LogP contribution in [0.2, 0.25) is 0 Å². The first-order valence-corrected chi connectivity index (χ1v) is 11.3. The van der Waals surface area contributed by atoms with Crippen molar-refractivity contribution in [2.45, 2.75) is 25.8 Å². The van der Waals surface area contributed by atoms with E-state index < -0.39 is 0 Å². The van der Waals surface area contributed by atoms with E-state index in [9.17, 15) is 9.18 Å². The van der Waals surface area contributed by atoms with Crippen LogP contribution in [0.4, 0.5) is 4.39 Å². The number of thioether (sulfide) groups is 1. The molecule has 0 spiro atoms. The lowest BCUT2D eigenvalue weighted by molar-refractivity contribution is -0.0129. The van der Waals surface area contributed by atoms with Crippen molar-refractivity contribution in [3.05, 3.63) is 53.1 Å². The van der Waals surface area contributed by atoms with E-state index >= 15 is 0 Å². The number of aryl methyl sites for hydroxylation is 1. The Labute approximate surface area is 175 Å². The summed E-state index contributed by atoms with van der Waals surface area (Å²) < 4.78 is 21.6. The van der Waals surface area contributed by atoms with E-state index in [-0.39, 0.29) is 17.3 Å². The lowest BCUT2D eigenvalue weighted by Crippen LogP contribution is -2.59. The van der Waals surface area contributed by atoms with Crippen molar-refractivity contribution in [2.24, 2.45) is 0 Å². The summed E-state index contributed by atoms with van der Waals surface area (Å²) in [5.74, 6) is 1.76. The molecule has 0 aliphatic carbocycles. The van der Waals surface area contributed by atoms with Gasteiger partial charge in [-0.1, -0.05) is 12.1 Å². The highest BCUT2D eigenvalue weighted by Crippen LogP contribution is 2.34. The van der Waals surface area contributed by atoms with Crippen molar-refractivity contribution >= 4 is 17.7 Å². The van der Waals surface area contributed by atoms with Gasteiger partial charge in [-0.25, -0.2) is 4.39 Å². The van der Waals surface area contributed by atoms with Crippen LogP contribution in [0, 0.1) is 19.7 Å². The van der Waals surface area contributed by atoms with Crippen molar-refractivity contribution in [1.29, 1.82) is 0 Å². The molecule has 1 aromatic heterocycles. The fraction of sp³-hybridized carbons (Fsp3) is 0.500. The summed E-state index contributed by atoms with van der Waals surface area (Å²) in [4.78, 5) is 15.5. The number of benzene rings is 1. The highest BCUT2D eigenvalue weighted by molar-refractivity contribution is 7.99. The van der Waals surface area contributed by atoms with E-state index in [2.05, 4.69) is 10.2 Å². The smallest absolute Gasteiger partial charge is 0.253 e. The molecular formula is C22H28FN3O2S. The van der Waals surface area contributed by atoms with Gasteiger partial charge < -0.3 is 14.6 Å². The molecule has 2 aromatic rings. The molecule has 2 saturated heterocycles. The number of hydrogen-bond acceptors (Lipinski definition) is 4. The summed E-state index contributed by atoms with van der Waals surface area (Å²) in [6, 6.07) is 8.51. The molecule has 1 N–H and O–H groups in total. The van der Waals surface area contributed by atoms with E-state index in [1.165, 1.54) is 6.07 Å². The van der Waals surface area contributed by atoms with E-state index in [1.54, 1.807) is 18.2 Å². The fourth-order valence-electron chi connectivity index (χ4n) is 4.47. The average Bonchev–Trinajstić information content (AvgIpc) is 3.33. The van der Waals surface area contributed by atoms with Crippen LogP contribution >= 0.6 is 11.8 Å². The predicted molar refractivity (Wildman–Crippen MR) is 115 cm³/mol. The predicted octanol–water partition coefficient (Wildman–Crippen LogP) is 3.17. The van der Waals surface area contributed by atoms with Gasteiger partial charge in [0.05, 0.1) is 24.5 Å². The summed E-state index contributed by atoms with van der Waals surface area (Å²) in [6.07, 6.45) is 1.08. The zero-order chi connectivity index (χ0) is 20.4. The van der Waals surface area contributed by atoms with Gasteiger partial charge in [0.1, 0.15) is 5.82 Å². The maximum Gasteiger partial charge on any atom is 0.253 e. The van der Waals surface area contributed by atoms with Crippen molar-refractivity contribution in [1.82, 2.24) is 14.8 Å². The van der Waals surface area contributed by atoms with Crippen LogP contribution in [-0.4, -0.2) is 65.3 Å². The number of carbonyl (C=O) groups excluding carboxylic acids is 1. The molecule has 1 unspecified atom stereocenters. The van der Waals surface area contributed by atoms with Gasteiger partial charge in [-0.3, -0.25) is 9.69 Å². The van der Waals surface area contributed by atoms with Gasteiger partial charge in [-0.05, 0) is 44.2 Å². The first kappa shape index (κ1) is 20.4. The van der Waals surface area contributed by atoms with Crippen molar-refractivity contribution < 1.29 is 13.9 Å². The Balaban J connectivity index is 1.53. The third-order valence-electron chi connectivity index (χ3n) is 6.11. The zero-order valence-electron chi connectivity index (χ0n) is 17.0. The van der Waals surface area contributed by atoms with Crippen LogP contribution in [0.1, 0.15) is 28.2 Å². The van der Waals surface area contributed by atoms with E-state index in [0.29, 0.717) is 17.8 Å². The second-order valence-corrected chi connectivity index (χ2v) is 8.99. The molecule has 5 nitrogen and oxygen atoms in total. The Bertz CT molecular complexity index is 886. The molecule has 4 rings (SSSR count). The van der Waals surface area contributed by atoms with Gasteiger partial charge in [0, 0.05) is 42.3 Å². The molecule has 0 saturated carbocycles. The van der Waals surface area contributed by atoms with Gasteiger partial charge >= 0.3 is 0 Å². The molecule has 1 amide bonds. The fourth-order valence-corrected chi connectivity index (χ4v) is 5.95. The van der Waals surface area contributed by atoms with Crippen LogP contribution in [0.15, 0.2) is 30.3 Å².